The molecule has 7 heteroatoms. The predicted molar refractivity (Wildman–Crippen MR) is 90.7 cm³/mol. The summed E-state index contributed by atoms with van der Waals surface area (Å²) in [4.78, 5) is 24.1. The third-order valence-corrected chi connectivity index (χ3v) is 4.24. The van der Waals surface area contributed by atoms with Gasteiger partial charge in [-0.25, -0.2) is 8.78 Å². The Kier molecular flexibility index (Phi) is 4.46. The van der Waals surface area contributed by atoms with Crippen molar-refractivity contribution < 1.29 is 28.2 Å². The van der Waals surface area contributed by atoms with Crippen molar-refractivity contribution in [1.82, 2.24) is 4.57 Å². The molecule has 0 saturated heterocycles. The first-order valence-electron chi connectivity index (χ1n) is 7.73. The quantitative estimate of drug-likeness (QED) is 0.773. The van der Waals surface area contributed by atoms with Crippen LogP contribution < -0.4 is 4.74 Å². The minimum atomic E-state index is -1.13. The number of fused-ring (bicyclic) bond motifs is 1. The van der Waals surface area contributed by atoms with Crippen molar-refractivity contribution in [2.45, 2.75) is 13.3 Å². The number of methoxy groups -OCH3 is 1. The molecule has 0 radical (unpaired) electrons. The van der Waals surface area contributed by atoms with E-state index in [2.05, 4.69) is 0 Å². The molecule has 5 nitrogen and oxygen atoms in total. The zero-order valence-electron chi connectivity index (χ0n) is 14.0. The van der Waals surface area contributed by atoms with E-state index in [1.165, 1.54) is 17.7 Å². The monoisotopic (exact) mass is 359 g/mol. The average molecular weight is 359 g/mol. The van der Waals surface area contributed by atoms with E-state index < -0.39 is 23.5 Å². The lowest BCUT2D eigenvalue weighted by atomic mass is 10.1. The first-order valence-corrected chi connectivity index (χ1v) is 7.73. The van der Waals surface area contributed by atoms with Crippen molar-refractivity contribution in [3.05, 3.63) is 64.9 Å². The number of hydrogen-bond donors (Lipinski definition) is 1. The highest BCUT2D eigenvalue weighted by atomic mass is 19.2. The summed E-state index contributed by atoms with van der Waals surface area (Å²) < 4.78 is 33.1. The van der Waals surface area contributed by atoms with E-state index in [0.717, 1.165) is 12.1 Å². The lowest BCUT2D eigenvalue weighted by molar-refractivity contribution is -0.136. The molecule has 0 spiro atoms. The van der Waals surface area contributed by atoms with Gasteiger partial charge in [0.1, 0.15) is 5.75 Å². The standard InChI is InChI=1S/C19H15F2NO4/c1-10-13(9-18(23)24)14-8-12(26-2)4-6-17(14)22(10)19(25)11-3-5-15(20)16(21)7-11/h3-8H,9H2,1-2H3,(H,23,24). The summed E-state index contributed by atoms with van der Waals surface area (Å²) in [6.45, 7) is 1.61. The number of rotatable bonds is 4. The first-order chi connectivity index (χ1) is 12.3. The molecule has 3 aromatic rings. The van der Waals surface area contributed by atoms with E-state index >= 15 is 0 Å². The molecule has 3 rings (SSSR count). The molecule has 1 aromatic heterocycles. The number of carboxylic acids is 1. The maximum Gasteiger partial charge on any atom is 0.307 e. The van der Waals surface area contributed by atoms with Crippen molar-refractivity contribution in [3.8, 4) is 5.75 Å². The van der Waals surface area contributed by atoms with Gasteiger partial charge in [-0.15, -0.1) is 0 Å². The molecular formula is C19H15F2NO4. The second-order valence-corrected chi connectivity index (χ2v) is 5.79. The Morgan fingerprint density at radius 2 is 1.85 bits per heavy atom. The van der Waals surface area contributed by atoms with Gasteiger partial charge in [0.2, 0.25) is 0 Å². The van der Waals surface area contributed by atoms with Crippen LogP contribution in [0.15, 0.2) is 36.4 Å². The third-order valence-electron chi connectivity index (χ3n) is 4.24. The normalized spacial score (nSPS) is 10.9. The molecule has 0 atom stereocenters. The highest BCUT2D eigenvalue weighted by Gasteiger charge is 2.22. The Hall–Kier alpha value is -3.22. The van der Waals surface area contributed by atoms with Crippen LogP contribution in [-0.2, 0) is 11.2 Å². The van der Waals surface area contributed by atoms with Gasteiger partial charge in [0, 0.05) is 16.6 Å². The predicted octanol–water partition coefficient (Wildman–Crippen LogP) is 3.55. The van der Waals surface area contributed by atoms with Crippen LogP contribution in [0.2, 0.25) is 0 Å². The highest BCUT2D eigenvalue weighted by Crippen LogP contribution is 2.30. The molecular weight excluding hydrogens is 344 g/mol. The van der Waals surface area contributed by atoms with Gasteiger partial charge in [-0.05, 0) is 48.9 Å². The van der Waals surface area contributed by atoms with E-state index in [-0.39, 0.29) is 12.0 Å². The summed E-state index contributed by atoms with van der Waals surface area (Å²) in [6.07, 6.45) is -0.284. The fraction of sp³-hybridized carbons (Fsp3) is 0.158. The fourth-order valence-corrected chi connectivity index (χ4v) is 2.98. The number of carbonyl (C=O) groups excluding carboxylic acids is 1. The maximum absolute atomic E-state index is 13.5. The Balaban J connectivity index is 2.24. The molecule has 0 amide bonds. The number of hydrogen-bond acceptors (Lipinski definition) is 3. The summed E-state index contributed by atoms with van der Waals surface area (Å²) in [7, 11) is 1.48. The van der Waals surface area contributed by atoms with E-state index in [9.17, 15) is 23.5 Å². The number of halogens is 2. The zero-order chi connectivity index (χ0) is 19.0. The lowest BCUT2D eigenvalue weighted by Crippen LogP contribution is -2.14. The topological polar surface area (TPSA) is 68.5 Å². The molecule has 0 saturated carbocycles. The number of aromatic nitrogens is 1. The van der Waals surface area contributed by atoms with Gasteiger partial charge in [0.15, 0.2) is 11.6 Å². The van der Waals surface area contributed by atoms with Crippen LogP contribution in [-0.4, -0.2) is 28.7 Å². The summed E-state index contributed by atoms with van der Waals surface area (Å²) >= 11 is 0. The minimum Gasteiger partial charge on any atom is -0.497 e. The first kappa shape index (κ1) is 17.6. The number of aliphatic carboxylic acids is 1. The zero-order valence-corrected chi connectivity index (χ0v) is 14.0. The van der Waals surface area contributed by atoms with Crippen LogP contribution in [0.25, 0.3) is 10.9 Å². The number of carbonyl (C=O) groups is 2. The number of benzene rings is 2. The van der Waals surface area contributed by atoms with Crippen LogP contribution in [0.3, 0.4) is 0 Å². The van der Waals surface area contributed by atoms with E-state index in [1.807, 2.05) is 0 Å². The van der Waals surface area contributed by atoms with Gasteiger partial charge < -0.3 is 9.84 Å². The molecule has 1 heterocycles. The molecule has 134 valence electrons. The SMILES string of the molecule is COc1ccc2c(c1)c(CC(=O)O)c(C)n2C(=O)c1ccc(F)c(F)c1. The lowest BCUT2D eigenvalue weighted by Gasteiger charge is -2.08. The fourth-order valence-electron chi connectivity index (χ4n) is 2.98. The van der Waals surface area contributed by atoms with E-state index in [0.29, 0.717) is 27.9 Å². The third kappa shape index (κ3) is 2.92. The maximum atomic E-state index is 13.5. The van der Waals surface area contributed by atoms with E-state index in [4.69, 9.17) is 4.74 Å². The average Bonchev–Trinajstić information content (AvgIpc) is 2.87. The molecule has 0 unspecified atom stereocenters. The van der Waals surface area contributed by atoms with Gasteiger partial charge in [0.05, 0.1) is 19.0 Å². The smallest absolute Gasteiger partial charge is 0.307 e. The van der Waals surface area contributed by atoms with Crippen molar-refractivity contribution in [2.24, 2.45) is 0 Å². The number of nitrogens with zero attached hydrogens (tertiary/aromatic N) is 1. The van der Waals surface area contributed by atoms with Crippen LogP contribution >= 0.6 is 0 Å². The summed E-state index contributed by atoms with van der Waals surface area (Å²) in [5.41, 5.74) is 1.31. The van der Waals surface area contributed by atoms with Crippen molar-refractivity contribution in [2.75, 3.05) is 7.11 Å². The molecule has 1 N–H and O–H groups in total. The molecule has 26 heavy (non-hydrogen) atoms. The van der Waals surface area contributed by atoms with Crippen molar-refractivity contribution in [3.63, 3.8) is 0 Å². The Labute approximate surface area is 147 Å². The van der Waals surface area contributed by atoms with Crippen molar-refractivity contribution in [1.29, 1.82) is 0 Å². The van der Waals surface area contributed by atoms with Gasteiger partial charge in [0.25, 0.3) is 5.91 Å². The largest absolute Gasteiger partial charge is 0.497 e. The molecule has 0 aliphatic heterocycles. The molecule has 0 aliphatic rings. The van der Waals surface area contributed by atoms with Crippen LogP contribution in [0.1, 0.15) is 21.6 Å². The molecule has 0 aliphatic carbocycles. The Bertz CT molecular complexity index is 1040. The van der Waals surface area contributed by atoms with Gasteiger partial charge in [-0.2, -0.15) is 0 Å². The van der Waals surface area contributed by atoms with Gasteiger partial charge >= 0.3 is 5.97 Å². The van der Waals surface area contributed by atoms with Crippen LogP contribution in [0.5, 0.6) is 5.75 Å². The second-order valence-electron chi connectivity index (χ2n) is 5.79. The summed E-state index contributed by atoms with van der Waals surface area (Å²) in [6, 6.07) is 7.81. The Morgan fingerprint density at radius 1 is 1.12 bits per heavy atom. The van der Waals surface area contributed by atoms with Gasteiger partial charge in [-0.1, -0.05) is 0 Å². The van der Waals surface area contributed by atoms with Crippen LogP contribution in [0.4, 0.5) is 8.78 Å². The minimum absolute atomic E-state index is 0.0402. The molecule has 0 bridgehead atoms. The number of ether oxygens (including phenoxy) is 1. The second kappa shape index (κ2) is 6.59. The van der Waals surface area contributed by atoms with Gasteiger partial charge in [-0.3, -0.25) is 14.2 Å². The number of carboxylic acid groups (broad SMARTS) is 1. The van der Waals surface area contributed by atoms with E-state index in [1.54, 1.807) is 25.1 Å². The molecule has 0 fully saturated rings. The Morgan fingerprint density at radius 3 is 2.46 bits per heavy atom. The summed E-state index contributed by atoms with van der Waals surface area (Å²) in [5, 5.41) is 9.75. The summed E-state index contributed by atoms with van der Waals surface area (Å²) in [5.74, 6) is -3.28. The molecule has 2 aromatic carbocycles. The highest BCUT2D eigenvalue weighted by molar-refractivity contribution is 6.04. The van der Waals surface area contributed by atoms with Crippen LogP contribution in [0, 0.1) is 18.6 Å². The van der Waals surface area contributed by atoms with Crippen molar-refractivity contribution >= 4 is 22.8 Å².